The zero-order chi connectivity index (χ0) is 15.8. The zero-order valence-electron chi connectivity index (χ0n) is 14.7. The molecule has 0 aliphatic rings. The van der Waals surface area contributed by atoms with E-state index < -0.39 is 5.79 Å². The topological polar surface area (TPSA) is 62.1 Å². The van der Waals surface area contributed by atoms with Gasteiger partial charge in [-0.15, -0.1) is 0 Å². The summed E-state index contributed by atoms with van der Waals surface area (Å²) in [4.78, 5) is 0. The van der Waals surface area contributed by atoms with Crippen molar-refractivity contribution in [3.63, 3.8) is 0 Å². The lowest BCUT2D eigenvalue weighted by atomic mass is 10.0. The third-order valence-electron chi connectivity index (χ3n) is 4.25. The lowest BCUT2D eigenvalue weighted by Gasteiger charge is -2.44. The van der Waals surface area contributed by atoms with E-state index in [9.17, 15) is 0 Å². The number of rotatable bonds is 11. The van der Waals surface area contributed by atoms with E-state index in [2.05, 4.69) is 64.4 Å². The Morgan fingerprint density at radius 1 is 0.762 bits per heavy atom. The van der Waals surface area contributed by atoms with Crippen LogP contribution in [-0.4, -0.2) is 40.9 Å². The van der Waals surface area contributed by atoms with Gasteiger partial charge in [0.15, 0.2) is 0 Å². The molecule has 5 N–H and O–H groups in total. The molecule has 0 radical (unpaired) electrons. The highest BCUT2D eigenvalue weighted by Crippen LogP contribution is 2.11. The van der Waals surface area contributed by atoms with E-state index in [1.54, 1.807) is 0 Å². The standard InChI is InChI=1S/C16H38N4.H4Si/c1-8-12(5)18-15(11-4)16(17,19-13(6)9-2)20-14(7)10-3;/h12-15,18-20H,8-11,17H2,1-7H3;1H4. The predicted octanol–water partition coefficient (Wildman–Crippen LogP) is 1.09. The van der Waals surface area contributed by atoms with Crippen LogP contribution in [0, 0.1) is 0 Å². The first-order valence-electron chi connectivity index (χ1n) is 8.43. The van der Waals surface area contributed by atoms with Crippen LogP contribution >= 0.6 is 0 Å². The van der Waals surface area contributed by atoms with Crippen molar-refractivity contribution in [2.45, 2.75) is 104 Å². The predicted molar refractivity (Wildman–Crippen MR) is 101 cm³/mol. The Labute approximate surface area is 137 Å². The van der Waals surface area contributed by atoms with Crippen molar-refractivity contribution in [3.8, 4) is 0 Å². The second kappa shape index (κ2) is 11.6. The molecular formula is C16H42N4Si. The molecule has 0 amide bonds. The molecule has 0 saturated heterocycles. The Morgan fingerprint density at radius 2 is 1.14 bits per heavy atom. The molecule has 0 fully saturated rings. The van der Waals surface area contributed by atoms with Crippen LogP contribution in [0.2, 0.25) is 0 Å². The van der Waals surface area contributed by atoms with E-state index in [-0.39, 0.29) is 17.0 Å². The molecule has 4 atom stereocenters. The SMILES string of the molecule is CCC(C)NC(CC)C(N)(NC(C)CC)NC(C)CC.[SiH4]. The summed E-state index contributed by atoms with van der Waals surface area (Å²) >= 11 is 0. The summed E-state index contributed by atoms with van der Waals surface area (Å²) in [5, 5.41) is 10.9. The van der Waals surface area contributed by atoms with Crippen LogP contribution in [0.15, 0.2) is 0 Å². The van der Waals surface area contributed by atoms with Crippen LogP contribution in [0.5, 0.6) is 0 Å². The van der Waals surface area contributed by atoms with E-state index in [1.807, 2.05) is 0 Å². The highest BCUT2D eigenvalue weighted by molar-refractivity contribution is 5.75. The molecule has 0 rings (SSSR count). The quantitative estimate of drug-likeness (QED) is 0.340. The molecule has 0 aromatic carbocycles. The minimum atomic E-state index is -0.566. The Balaban J connectivity index is 0. The van der Waals surface area contributed by atoms with E-state index in [0.717, 1.165) is 25.7 Å². The molecular weight excluding hydrogens is 276 g/mol. The lowest BCUT2D eigenvalue weighted by molar-refractivity contribution is 0.139. The maximum Gasteiger partial charge on any atom is 0.137 e. The minimum Gasteiger partial charge on any atom is -0.307 e. The molecule has 4 nitrogen and oxygen atoms in total. The summed E-state index contributed by atoms with van der Waals surface area (Å²) in [6.45, 7) is 15.4. The first-order valence-corrected chi connectivity index (χ1v) is 8.43. The fourth-order valence-corrected chi connectivity index (χ4v) is 2.29. The average molecular weight is 319 g/mol. The number of hydrogen-bond donors (Lipinski definition) is 4. The van der Waals surface area contributed by atoms with E-state index >= 15 is 0 Å². The Morgan fingerprint density at radius 3 is 1.43 bits per heavy atom. The molecule has 0 bridgehead atoms. The van der Waals surface area contributed by atoms with E-state index in [0.29, 0.717) is 18.1 Å². The van der Waals surface area contributed by atoms with Crippen molar-refractivity contribution in [2.24, 2.45) is 5.73 Å². The maximum absolute atomic E-state index is 6.72. The lowest BCUT2D eigenvalue weighted by Crippen LogP contribution is -2.76. The average Bonchev–Trinajstić information content (AvgIpc) is 2.43. The summed E-state index contributed by atoms with van der Waals surface area (Å²) in [5.74, 6) is -0.566. The third kappa shape index (κ3) is 8.31. The van der Waals surface area contributed by atoms with Gasteiger partial charge in [-0.2, -0.15) is 0 Å². The van der Waals surface area contributed by atoms with E-state index in [4.69, 9.17) is 5.73 Å². The van der Waals surface area contributed by atoms with Gasteiger partial charge in [-0.3, -0.25) is 16.4 Å². The van der Waals surface area contributed by atoms with E-state index in [1.165, 1.54) is 0 Å². The summed E-state index contributed by atoms with van der Waals surface area (Å²) in [6.07, 6.45) is 4.24. The zero-order valence-corrected chi connectivity index (χ0v) is 14.7. The van der Waals surface area contributed by atoms with Crippen molar-refractivity contribution >= 4 is 11.0 Å². The van der Waals surface area contributed by atoms with Gasteiger partial charge in [0, 0.05) is 18.1 Å². The Bertz CT molecular complexity index is 238. The molecule has 0 heterocycles. The van der Waals surface area contributed by atoms with Crippen molar-refractivity contribution < 1.29 is 0 Å². The first kappa shape index (κ1) is 23.3. The Hall–Kier alpha value is 0.0569. The Kier molecular flexibility index (Phi) is 12.9. The molecule has 0 aromatic rings. The van der Waals surface area contributed by atoms with Crippen LogP contribution < -0.4 is 21.7 Å². The van der Waals surface area contributed by atoms with Crippen LogP contribution in [-0.2, 0) is 0 Å². The summed E-state index contributed by atoms with van der Waals surface area (Å²) in [5.41, 5.74) is 6.72. The van der Waals surface area contributed by atoms with Gasteiger partial charge in [0.05, 0.1) is 6.04 Å². The second-order valence-electron chi connectivity index (χ2n) is 6.21. The van der Waals surface area contributed by atoms with Gasteiger partial charge in [0.25, 0.3) is 0 Å². The van der Waals surface area contributed by atoms with Crippen LogP contribution in [0.1, 0.15) is 74.1 Å². The monoisotopic (exact) mass is 318 g/mol. The normalized spacial score (nSPS) is 20.0. The fraction of sp³-hybridized carbons (Fsp3) is 1.00. The van der Waals surface area contributed by atoms with Gasteiger partial charge in [-0.1, -0.05) is 27.7 Å². The fourth-order valence-electron chi connectivity index (χ4n) is 2.29. The van der Waals surface area contributed by atoms with Crippen molar-refractivity contribution in [3.05, 3.63) is 0 Å². The molecule has 21 heavy (non-hydrogen) atoms. The van der Waals surface area contributed by atoms with Crippen molar-refractivity contribution in [2.75, 3.05) is 0 Å². The number of hydrogen-bond acceptors (Lipinski definition) is 4. The van der Waals surface area contributed by atoms with Crippen LogP contribution in [0.4, 0.5) is 0 Å². The summed E-state index contributed by atoms with van der Waals surface area (Å²) in [7, 11) is 0. The van der Waals surface area contributed by atoms with Gasteiger partial charge in [-0.25, -0.2) is 0 Å². The second-order valence-corrected chi connectivity index (χ2v) is 6.21. The highest BCUT2D eigenvalue weighted by atomic mass is 28.1. The van der Waals surface area contributed by atoms with Gasteiger partial charge in [0.1, 0.15) is 5.79 Å². The summed E-state index contributed by atoms with van der Waals surface area (Å²) < 4.78 is 0. The largest absolute Gasteiger partial charge is 0.307 e. The highest BCUT2D eigenvalue weighted by Gasteiger charge is 2.35. The molecule has 0 spiro atoms. The van der Waals surface area contributed by atoms with Crippen molar-refractivity contribution in [1.29, 1.82) is 0 Å². The maximum atomic E-state index is 6.72. The number of nitrogens with one attached hydrogen (secondary N) is 3. The molecule has 4 unspecified atom stereocenters. The van der Waals surface area contributed by atoms with Crippen LogP contribution in [0.25, 0.3) is 0 Å². The van der Waals surface area contributed by atoms with Gasteiger partial charge >= 0.3 is 0 Å². The molecule has 5 heteroatoms. The molecule has 0 saturated carbocycles. The number of nitrogens with two attached hydrogens (primary N) is 1. The molecule has 0 aliphatic heterocycles. The smallest absolute Gasteiger partial charge is 0.137 e. The van der Waals surface area contributed by atoms with Crippen molar-refractivity contribution in [1.82, 2.24) is 16.0 Å². The molecule has 130 valence electrons. The van der Waals surface area contributed by atoms with Crippen LogP contribution in [0.3, 0.4) is 0 Å². The van der Waals surface area contributed by atoms with Gasteiger partial charge in [0.2, 0.25) is 0 Å². The third-order valence-corrected chi connectivity index (χ3v) is 4.25. The van der Waals surface area contributed by atoms with Gasteiger partial charge < -0.3 is 5.32 Å². The first-order chi connectivity index (χ1) is 9.32. The molecule has 0 aliphatic carbocycles. The minimum absolute atomic E-state index is 0. The molecule has 0 aromatic heterocycles. The van der Waals surface area contributed by atoms with Gasteiger partial charge in [-0.05, 0) is 57.4 Å². The summed E-state index contributed by atoms with van der Waals surface area (Å²) in [6, 6.07) is 1.47.